The van der Waals surface area contributed by atoms with Crippen LogP contribution in [0.1, 0.15) is 17.7 Å². The Kier molecular flexibility index (Phi) is 4.47. The average Bonchev–Trinajstić information content (AvgIpc) is 2.10. The van der Waals surface area contributed by atoms with Crippen molar-refractivity contribution in [3.8, 4) is 0 Å². The summed E-state index contributed by atoms with van der Waals surface area (Å²) in [7, 11) is 0. The molecule has 1 aromatic rings. The average molecular weight is 254 g/mol. The zero-order valence-corrected chi connectivity index (χ0v) is 11.1. The minimum atomic E-state index is -0.444. The van der Waals surface area contributed by atoms with Gasteiger partial charge in [0.05, 0.1) is 0 Å². The number of nitrogen functional groups attached to an aromatic ring is 1. The Hall–Kier alpha value is -0.492. The molecule has 0 aliphatic heterocycles. The number of pyridine rings is 1. The third-order valence-corrected chi connectivity index (χ3v) is 4.79. The molecule has 2 N–H and O–H groups in total. The predicted molar refractivity (Wildman–Crippen MR) is 64.0 cm³/mol. The van der Waals surface area contributed by atoms with Gasteiger partial charge >= 0.3 is 91.0 Å². The monoisotopic (exact) mass is 254 g/mol. The van der Waals surface area contributed by atoms with E-state index in [-0.39, 0.29) is 0 Å². The zero-order chi connectivity index (χ0) is 10.6. The zero-order valence-electron chi connectivity index (χ0n) is 9.25. The Morgan fingerprint density at radius 3 is 2.71 bits per heavy atom. The minimum absolute atomic E-state index is 0.444. The molecule has 3 heteroatoms. The van der Waals surface area contributed by atoms with Gasteiger partial charge in [0, 0.05) is 0 Å². The molecule has 0 aliphatic carbocycles. The van der Waals surface area contributed by atoms with Crippen LogP contribution >= 0.6 is 0 Å². The van der Waals surface area contributed by atoms with E-state index in [9.17, 15) is 0 Å². The van der Waals surface area contributed by atoms with Gasteiger partial charge in [-0.1, -0.05) is 0 Å². The Balaban J connectivity index is 2.47. The first-order valence-electron chi connectivity index (χ1n) is 4.95. The van der Waals surface area contributed by atoms with Crippen molar-refractivity contribution in [2.24, 2.45) is 0 Å². The molecule has 1 heterocycles. The van der Waals surface area contributed by atoms with Crippen molar-refractivity contribution in [3.05, 3.63) is 23.5 Å². The van der Waals surface area contributed by atoms with Crippen molar-refractivity contribution < 1.29 is 0 Å². The summed E-state index contributed by atoms with van der Waals surface area (Å²) >= 11 is -0.444. The molecule has 1 rings (SSSR count). The molecule has 0 bridgehead atoms. The van der Waals surface area contributed by atoms with Crippen LogP contribution in [0.25, 0.3) is 0 Å². The van der Waals surface area contributed by atoms with Crippen molar-refractivity contribution in [2.45, 2.75) is 36.4 Å². The van der Waals surface area contributed by atoms with E-state index >= 15 is 0 Å². The van der Waals surface area contributed by atoms with E-state index in [1.165, 1.54) is 17.2 Å². The van der Waals surface area contributed by atoms with E-state index in [4.69, 9.17) is 5.73 Å². The molecule has 0 amide bonds. The van der Waals surface area contributed by atoms with Crippen LogP contribution in [0.5, 0.6) is 0 Å². The van der Waals surface area contributed by atoms with Gasteiger partial charge in [0.2, 0.25) is 0 Å². The second-order valence-corrected chi connectivity index (χ2v) is 9.39. The summed E-state index contributed by atoms with van der Waals surface area (Å²) in [6.07, 6.45) is 4.37. The Morgan fingerprint density at radius 1 is 1.43 bits per heavy atom. The van der Waals surface area contributed by atoms with Crippen LogP contribution in [-0.2, 0) is 6.42 Å². The van der Waals surface area contributed by atoms with E-state index in [0.29, 0.717) is 0 Å². The molecule has 2 nitrogen and oxygen atoms in total. The van der Waals surface area contributed by atoms with Crippen molar-refractivity contribution in [2.75, 3.05) is 5.73 Å². The second-order valence-electron chi connectivity index (χ2n) is 3.93. The first-order chi connectivity index (χ1) is 6.59. The van der Waals surface area contributed by atoms with Crippen molar-refractivity contribution in [1.82, 2.24) is 4.98 Å². The first kappa shape index (κ1) is 11.6. The molecular formula is C11H19AsN2. The Labute approximate surface area is 91.2 Å². The van der Waals surface area contributed by atoms with Gasteiger partial charge in [0.1, 0.15) is 0 Å². The van der Waals surface area contributed by atoms with Gasteiger partial charge in [-0.15, -0.1) is 0 Å². The van der Waals surface area contributed by atoms with Crippen LogP contribution in [0.2, 0.25) is 16.6 Å². The van der Waals surface area contributed by atoms with E-state index in [1.54, 1.807) is 0 Å². The molecule has 0 aromatic carbocycles. The third kappa shape index (κ3) is 3.71. The number of aryl methyl sites for hydroxylation is 2. The molecule has 0 saturated heterocycles. The standard InChI is InChI=1S/C11H19AsN2/c1-9-11(13)7-10(8-14-9)5-4-6-12(2)3/h7-8H,4-6,13H2,1-3H3. The van der Waals surface area contributed by atoms with E-state index in [1.807, 2.05) is 13.1 Å². The van der Waals surface area contributed by atoms with Gasteiger partial charge in [-0.3, -0.25) is 0 Å². The van der Waals surface area contributed by atoms with Gasteiger partial charge in [0.15, 0.2) is 0 Å². The van der Waals surface area contributed by atoms with Crippen molar-refractivity contribution >= 4 is 20.3 Å². The topological polar surface area (TPSA) is 38.9 Å². The van der Waals surface area contributed by atoms with Crippen LogP contribution < -0.4 is 5.73 Å². The fourth-order valence-electron chi connectivity index (χ4n) is 1.33. The summed E-state index contributed by atoms with van der Waals surface area (Å²) in [5.74, 6) is 0. The summed E-state index contributed by atoms with van der Waals surface area (Å²) in [6, 6.07) is 2.06. The normalized spacial score (nSPS) is 10.9. The number of hydrogen-bond acceptors (Lipinski definition) is 2. The predicted octanol–water partition coefficient (Wildman–Crippen LogP) is 2.66. The van der Waals surface area contributed by atoms with Gasteiger partial charge in [-0.25, -0.2) is 0 Å². The molecule has 0 atom stereocenters. The third-order valence-electron chi connectivity index (χ3n) is 2.25. The van der Waals surface area contributed by atoms with Crippen LogP contribution in [0, 0.1) is 6.92 Å². The number of nitrogens with zero attached hydrogens (tertiary/aromatic N) is 1. The second kappa shape index (κ2) is 5.40. The molecule has 78 valence electrons. The van der Waals surface area contributed by atoms with E-state index in [2.05, 4.69) is 22.5 Å². The summed E-state index contributed by atoms with van der Waals surface area (Å²) in [5, 5.41) is 1.42. The van der Waals surface area contributed by atoms with Crippen molar-refractivity contribution in [1.29, 1.82) is 0 Å². The summed E-state index contributed by atoms with van der Waals surface area (Å²) < 4.78 is 0. The van der Waals surface area contributed by atoms with Gasteiger partial charge in [-0.05, 0) is 0 Å². The fraction of sp³-hybridized carbons (Fsp3) is 0.545. The maximum absolute atomic E-state index is 5.80. The maximum atomic E-state index is 5.80. The molecule has 0 fully saturated rings. The van der Waals surface area contributed by atoms with Crippen LogP contribution in [-0.4, -0.2) is 19.6 Å². The Bertz CT molecular complexity index is 297. The molecule has 0 aliphatic rings. The van der Waals surface area contributed by atoms with Gasteiger partial charge in [0.25, 0.3) is 0 Å². The number of hydrogen-bond donors (Lipinski definition) is 1. The summed E-state index contributed by atoms with van der Waals surface area (Å²) in [5.41, 5.74) is 13.6. The molecule has 0 saturated carbocycles. The molecular weight excluding hydrogens is 235 g/mol. The molecule has 0 spiro atoms. The number of nitrogens with two attached hydrogens (primary N) is 1. The number of aromatic nitrogens is 1. The number of rotatable bonds is 4. The van der Waals surface area contributed by atoms with Gasteiger partial charge < -0.3 is 0 Å². The van der Waals surface area contributed by atoms with Crippen molar-refractivity contribution in [3.63, 3.8) is 0 Å². The first-order valence-corrected chi connectivity index (χ1v) is 10.0. The summed E-state index contributed by atoms with van der Waals surface area (Å²) in [6.45, 7) is 1.94. The molecule has 0 unspecified atom stereocenters. The Morgan fingerprint density at radius 2 is 2.14 bits per heavy atom. The van der Waals surface area contributed by atoms with E-state index < -0.39 is 14.7 Å². The fourth-order valence-corrected chi connectivity index (χ4v) is 2.99. The molecule has 14 heavy (non-hydrogen) atoms. The van der Waals surface area contributed by atoms with Crippen LogP contribution in [0.4, 0.5) is 5.69 Å². The summed E-state index contributed by atoms with van der Waals surface area (Å²) in [4.78, 5) is 4.26. The SMILES string of the molecule is Cc1ncc(CCC[As](C)C)cc1N. The molecule has 0 radical (unpaired) electrons. The van der Waals surface area contributed by atoms with Crippen LogP contribution in [0.15, 0.2) is 12.3 Å². The van der Waals surface area contributed by atoms with E-state index in [0.717, 1.165) is 17.8 Å². The molecule has 1 aromatic heterocycles. The number of anilines is 1. The van der Waals surface area contributed by atoms with Gasteiger partial charge in [-0.2, -0.15) is 0 Å². The quantitative estimate of drug-likeness (QED) is 0.839. The van der Waals surface area contributed by atoms with Crippen LogP contribution in [0.3, 0.4) is 0 Å².